The Morgan fingerprint density at radius 2 is 2.25 bits per heavy atom. The van der Waals surface area contributed by atoms with Gasteiger partial charge in [0.25, 0.3) is 0 Å². The fraction of sp³-hybridized carbons (Fsp3) is 0.400. The van der Waals surface area contributed by atoms with Gasteiger partial charge in [0.1, 0.15) is 5.76 Å². The number of aliphatic hydroxyl groups is 1. The molecule has 0 atom stereocenters. The monoisotopic (exact) mass is 167 g/mol. The van der Waals surface area contributed by atoms with E-state index in [4.69, 9.17) is 0 Å². The molecule has 0 aromatic heterocycles. The lowest BCUT2D eigenvalue weighted by molar-refractivity contribution is 0.388. The quantitative estimate of drug-likeness (QED) is 0.487. The van der Waals surface area contributed by atoms with Crippen molar-refractivity contribution in [1.82, 2.24) is 5.32 Å². The highest BCUT2D eigenvalue weighted by atomic mass is 16.3. The van der Waals surface area contributed by atoms with E-state index in [1.54, 1.807) is 6.08 Å². The molecule has 0 spiro atoms. The smallest absolute Gasteiger partial charge is 0.115 e. The molecule has 0 amide bonds. The summed E-state index contributed by atoms with van der Waals surface area (Å²) in [4.78, 5) is 0. The summed E-state index contributed by atoms with van der Waals surface area (Å²) in [6.07, 6.45) is 5.93. The van der Waals surface area contributed by atoms with Crippen molar-refractivity contribution in [3.05, 3.63) is 36.3 Å². The van der Waals surface area contributed by atoms with Crippen LogP contribution in [-0.2, 0) is 0 Å². The van der Waals surface area contributed by atoms with E-state index in [-0.39, 0.29) is 0 Å². The summed E-state index contributed by atoms with van der Waals surface area (Å²) in [5.74, 6) is 0.384. The molecule has 0 aromatic rings. The predicted octanol–water partition coefficient (Wildman–Crippen LogP) is 2.52. The van der Waals surface area contributed by atoms with Crippen molar-refractivity contribution in [3.8, 4) is 0 Å². The normalized spacial score (nSPS) is 12.8. The lowest BCUT2D eigenvalue weighted by Gasteiger charge is -2.04. The summed E-state index contributed by atoms with van der Waals surface area (Å²) >= 11 is 0. The van der Waals surface area contributed by atoms with Crippen LogP contribution in [0.1, 0.15) is 20.3 Å². The first-order valence-corrected chi connectivity index (χ1v) is 4.12. The van der Waals surface area contributed by atoms with E-state index in [0.29, 0.717) is 12.2 Å². The summed E-state index contributed by atoms with van der Waals surface area (Å²) in [5, 5.41) is 12.4. The average molecular weight is 167 g/mol. The van der Waals surface area contributed by atoms with E-state index in [9.17, 15) is 5.11 Å². The van der Waals surface area contributed by atoms with Crippen LogP contribution in [0.5, 0.6) is 0 Å². The van der Waals surface area contributed by atoms with Crippen LogP contribution in [0.3, 0.4) is 0 Å². The Morgan fingerprint density at radius 3 is 2.75 bits per heavy atom. The lowest BCUT2D eigenvalue weighted by atomic mass is 10.2. The minimum Gasteiger partial charge on any atom is -0.510 e. The first-order valence-electron chi connectivity index (χ1n) is 4.12. The zero-order valence-corrected chi connectivity index (χ0v) is 7.80. The van der Waals surface area contributed by atoms with Crippen LogP contribution in [0, 0.1) is 0 Å². The molecular weight excluding hydrogens is 150 g/mol. The van der Waals surface area contributed by atoms with E-state index in [2.05, 4.69) is 11.9 Å². The summed E-state index contributed by atoms with van der Waals surface area (Å²) in [7, 11) is 0. The van der Waals surface area contributed by atoms with Gasteiger partial charge in [-0.05, 0) is 13.8 Å². The second-order valence-corrected chi connectivity index (χ2v) is 2.47. The van der Waals surface area contributed by atoms with Crippen molar-refractivity contribution in [2.24, 2.45) is 0 Å². The fourth-order valence-corrected chi connectivity index (χ4v) is 0.796. The van der Waals surface area contributed by atoms with Crippen molar-refractivity contribution in [3.63, 3.8) is 0 Å². The Bertz CT molecular complexity index is 192. The molecule has 0 unspecified atom stereocenters. The molecule has 2 N–H and O–H groups in total. The first kappa shape index (κ1) is 10.8. The van der Waals surface area contributed by atoms with Crippen LogP contribution in [0.2, 0.25) is 0 Å². The highest BCUT2D eigenvalue weighted by Crippen LogP contribution is 2.02. The highest BCUT2D eigenvalue weighted by Gasteiger charge is 1.94. The second-order valence-electron chi connectivity index (χ2n) is 2.47. The number of rotatable bonds is 5. The van der Waals surface area contributed by atoms with Gasteiger partial charge in [0, 0.05) is 18.7 Å². The van der Waals surface area contributed by atoms with Crippen LogP contribution < -0.4 is 5.32 Å². The molecule has 0 fully saturated rings. The van der Waals surface area contributed by atoms with Gasteiger partial charge in [0.05, 0.1) is 0 Å². The number of nitrogens with one attached hydrogen (secondary N) is 1. The summed E-state index contributed by atoms with van der Waals surface area (Å²) < 4.78 is 0. The molecule has 0 bridgehead atoms. The van der Waals surface area contributed by atoms with Gasteiger partial charge in [-0.1, -0.05) is 24.8 Å². The van der Waals surface area contributed by atoms with E-state index in [1.807, 2.05) is 26.0 Å². The number of hydrogen-bond acceptors (Lipinski definition) is 2. The van der Waals surface area contributed by atoms with E-state index in [0.717, 1.165) is 12.2 Å². The molecule has 0 aliphatic carbocycles. The van der Waals surface area contributed by atoms with Crippen molar-refractivity contribution >= 4 is 0 Å². The summed E-state index contributed by atoms with van der Waals surface area (Å²) in [6, 6.07) is 0. The molecule has 0 aliphatic heterocycles. The van der Waals surface area contributed by atoms with Crippen molar-refractivity contribution in [2.45, 2.75) is 20.3 Å². The fourth-order valence-electron chi connectivity index (χ4n) is 0.796. The van der Waals surface area contributed by atoms with Crippen molar-refractivity contribution < 1.29 is 5.11 Å². The van der Waals surface area contributed by atoms with Gasteiger partial charge in [0.2, 0.25) is 0 Å². The second kappa shape index (κ2) is 6.53. The van der Waals surface area contributed by atoms with Crippen LogP contribution in [0.25, 0.3) is 0 Å². The van der Waals surface area contributed by atoms with Crippen LogP contribution in [-0.4, -0.2) is 11.7 Å². The molecule has 0 rings (SSSR count). The van der Waals surface area contributed by atoms with Gasteiger partial charge in [-0.25, -0.2) is 0 Å². The van der Waals surface area contributed by atoms with Crippen molar-refractivity contribution in [2.75, 3.05) is 6.54 Å². The molecular formula is C10H17NO. The maximum Gasteiger partial charge on any atom is 0.115 e. The maximum absolute atomic E-state index is 9.41. The maximum atomic E-state index is 9.41. The molecule has 0 radical (unpaired) electrons. The Hall–Kier alpha value is -1.18. The average Bonchev–Trinajstić information content (AvgIpc) is 2.05. The van der Waals surface area contributed by atoms with Gasteiger partial charge >= 0.3 is 0 Å². The molecule has 2 heteroatoms. The molecule has 0 aliphatic rings. The topological polar surface area (TPSA) is 32.3 Å². The molecule has 68 valence electrons. The van der Waals surface area contributed by atoms with Gasteiger partial charge in [-0.2, -0.15) is 0 Å². The third kappa shape index (κ3) is 4.61. The highest BCUT2D eigenvalue weighted by molar-refractivity contribution is 5.09. The Labute approximate surface area is 74.3 Å². The molecule has 0 heterocycles. The standard InChI is InChI=1S/C10H17NO/c1-4-6-7-8-10(12)9(3)11-5-2/h4,6-7,11-12H,1,5,8H2,2-3H3/b7-6?,10-9-. The number of aliphatic hydroxyl groups excluding tert-OH is 1. The summed E-state index contributed by atoms with van der Waals surface area (Å²) in [6.45, 7) is 8.23. The zero-order chi connectivity index (χ0) is 9.40. The third-order valence-corrected chi connectivity index (χ3v) is 1.46. The minimum absolute atomic E-state index is 0.384. The largest absolute Gasteiger partial charge is 0.510 e. The number of allylic oxidation sites excluding steroid dienone is 4. The Morgan fingerprint density at radius 1 is 1.58 bits per heavy atom. The minimum atomic E-state index is 0.384. The van der Waals surface area contributed by atoms with Gasteiger partial charge in [-0.15, -0.1) is 0 Å². The molecule has 2 nitrogen and oxygen atoms in total. The van der Waals surface area contributed by atoms with Gasteiger partial charge < -0.3 is 10.4 Å². The Balaban J connectivity index is 3.97. The SMILES string of the molecule is C=CC=CC/C(O)=C(\C)NCC. The van der Waals surface area contributed by atoms with E-state index >= 15 is 0 Å². The predicted molar refractivity (Wildman–Crippen MR) is 53.0 cm³/mol. The van der Waals surface area contributed by atoms with E-state index in [1.165, 1.54) is 0 Å². The van der Waals surface area contributed by atoms with Gasteiger partial charge in [-0.3, -0.25) is 0 Å². The first-order chi connectivity index (χ1) is 5.72. The van der Waals surface area contributed by atoms with Crippen LogP contribution >= 0.6 is 0 Å². The zero-order valence-electron chi connectivity index (χ0n) is 7.80. The van der Waals surface area contributed by atoms with Crippen LogP contribution in [0.4, 0.5) is 0 Å². The molecule has 0 saturated carbocycles. The Kier molecular flexibility index (Phi) is 5.88. The lowest BCUT2D eigenvalue weighted by Crippen LogP contribution is -2.11. The third-order valence-electron chi connectivity index (χ3n) is 1.46. The molecule has 0 aromatic carbocycles. The molecule has 0 saturated heterocycles. The van der Waals surface area contributed by atoms with E-state index < -0.39 is 0 Å². The number of hydrogen-bond donors (Lipinski definition) is 2. The molecule has 12 heavy (non-hydrogen) atoms. The van der Waals surface area contributed by atoms with Crippen LogP contribution in [0.15, 0.2) is 36.3 Å². The van der Waals surface area contributed by atoms with Crippen molar-refractivity contribution in [1.29, 1.82) is 0 Å². The summed E-state index contributed by atoms with van der Waals surface area (Å²) in [5.41, 5.74) is 0.839. The van der Waals surface area contributed by atoms with Gasteiger partial charge in [0.15, 0.2) is 0 Å².